The summed E-state index contributed by atoms with van der Waals surface area (Å²) in [6, 6.07) is 13.2. The SMILES string of the molecule is COC(=O)c1ccc(N=Cc2ccc(N3CCCCC3)cc2OC)cc1. The quantitative estimate of drug-likeness (QED) is 0.597. The van der Waals surface area contributed by atoms with Crippen molar-refractivity contribution in [2.45, 2.75) is 19.3 Å². The van der Waals surface area contributed by atoms with Crippen molar-refractivity contribution in [1.82, 2.24) is 0 Å². The Morgan fingerprint density at radius 3 is 2.42 bits per heavy atom. The lowest BCUT2D eigenvalue weighted by atomic mass is 10.1. The Bertz CT molecular complexity index is 778. The number of piperidine rings is 1. The van der Waals surface area contributed by atoms with E-state index in [9.17, 15) is 4.79 Å². The van der Waals surface area contributed by atoms with Crippen LogP contribution in [0.15, 0.2) is 47.5 Å². The van der Waals surface area contributed by atoms with Gasteiger partial charge in [0.2, 0.25) is 0 Å². The summed E-state index contributed by atoms with van der Waals surface area (Å²) in [5, 5.41) is 0. The third-order valence-electron chi connectivity index (χ3n) is 4.58. The van der Waals surface area contributed by atoms with Crippen molar-refractivity contribution in [3.05, 3.63) is 53.6 Å². The van der Waals surface area contributed by atoms with E-state index in [0.717, 1.165) is 30.1 Å². The summed E-state index contributed by atoms with van der Waals surface area (Å²) in [7, 11) is 3.05. The van der Waals surface area contributed by atoms with Crippen molar-refractivity contribution in [2.75, 3.05) is 32.2 Å². The molecule has 1 heterocycles. The molecule has 0 amide bonds. The van der Waals surface area contributed by atoms with Gasteiger partial charge in [0.1, 0.15) is 5.75 Å². The molecule has 0 aliphatic carbocycles. The van der Waals surface area contributed by atoms with Crippen LogP contribution in [0.25, 0.3) is 0 Å². The largest absolute Gasteiger partial charge is 0.496 e. The number of carbonyl (C=O) groups is 1. The van der Waals surface area contributed by atoms with Crippen molar-refractivity contribution in [1.29, 1.82) is 0 Å². The molecule has 1 fully saturated rings. The smallest absolute Gasteiger partial charge is 0.337 e. The van der Waals surface area contributed by atoms with E-state index in [1.54, 1.807) is 37.6 Å². The number of hydrogen-bond donors (Lipinski definition) is 0. The third-order valence-corrected chi connectivity index (χ3v) is 4.58. The van der Waals surface area contributed by atoms with Gasteiger partial charge in [0.15, 0.2) is 0 Å². The van der Waals surface area contributed by atoms with Gasteiger partial charge in [-0.1, -0.05) is 0 Å². The third kappa shape index (κ3) is 4.23. The van der Waals surface area contributed by atoms with Crippen LogP contribution < -0.4 is 9.64 Å². The zero-order valence-electron chi connectivity index (χ0n) is 15.3. The van der Waals surface area contributed by atoms with Gasteiger partial charge < -0.3 is 14.4 Å². The first-order valence-corrected chi connectivity index (χ1v) is 8.86. The molecule has 1 aliphatic heterocycles. The fourth-order valence-corrected chi connectivity index (χ4v) is 3.10. The van der Waals surface area contributed by atoms with Crippen LogP contribution in [-0.4, -0.2) is 39.5 Å². The Morgan fingerprint density at radius 1 is 1.04 bits per heavy atom. The molecule has 0 unspecified atom stereocenters. The number of benzene rings is 2. The number of anilines is 1. The van der Waals surface area contributed by atoms with Gasteiger partial charge in [0.05, 0.1) is 25.5 Å². The summed E-state index contributed by atoms with van der Waals surface area (Å²) in [4.78, 5) is 18.4. The number of carbonyl (C=O) groups excluding carboxylic acids is 1. The summed E-state index contributed by atoms with van der Waals surface area (Å²) in [5.74, 6) is 0.457. The Morgan fingerprint density at radius 2 is 1.77 bits per heavy atom. The molecule has 0 atom stereocenters. The number of esters is 1. The van der Waals surface area contributed by atoms with Gasteiger partial charge in [0, 0.05) is 36.6 Å². The minimum Gasteiger partial charge on any atom is -0.496 e. The zero-order valence-corrected chi connectivity index (χ0v) is 15.3. The van der Waals surface area contributed by atoms with Crippen LogP contribution in [0.5, 0.6) is 5.75 Å². The van der Waals surface area contributed by atoms with E-state index in [2.05, 4.69) is 22.0 Å². The van der Waals surface area contributed by atoms with E-state index in [-0.39, 0.29) is 5.97 Å². The molecule has 5 heteroatoms. The fourth-order valence-electron chi connectivity index (χ4n) is 3.10. The molecule has 0 saturated carbocycles. The normalized spacial score (nSPS) is 14.5. The minimum atomic E-state index is -0.351. The lowest BCUT2D eigenvalue weighted by Gasteiger charge is -2.29. The Labute approximate surface area is 154 Å². The van der Waals surface area contributed by atoms with Crippen LogP contribution >= 0.6 is 0 Å². The van der Waals surface area contributed by atoms with Crippen LogP contribution in [0.2, 0.25) is 0 Å². The molecule has 1 aliphatic rings. The molecule has 0 aromatic heterocycles. The van der Waals surface area contributed by atoms with Gasteiger partial charge >= 0.3 is 5.97 Å². The van der Waals surface area contributed by atoms with Crippen LogP contribution in [0.1, 0.15) is 35.2 Å². The number of aliphatic imine (C=N–C) groups is 1. The second-order valence-corrected chi connectivity index (χ2v) is 6.27. The highest BCUT2D eigenvalue weighted by atomic mass is 16.5. The van der Waals surface area contributed by atoms with Gasteiger partial charge in [0.25, 0.3) is 0 Å². The minimum absolute atomic E-state index is 0.351. The first-order valence-electron chi connectivity index (χ1n) is 8.86. The van der Waals surface area contributed by atoms with Gasteiger partial charge in [-0.15, -0.1) is 0 Å². The summed E-state index contributed by atoms with van der Waals surface area (Å²) in [6.07, 6.45) is 5.58. The van der Waals surface area contributed by atoms with Gasteiger partial charge in [-0.3, -0.25) is 4.99 Å². The molecule has 26 heavy (non-hydrogen) atoms. The van der Waals surface area contributed by atoms with E-state index in [0.29, 0.717) is 5.56 Å². The molecule has 0 bridgehead atoms. The lowest BCUT2D eigenvalue weighted by Crippen LogP contribution is -2.29. The number of nitrogens with zero attached hydrogens (tertiary/aromatic N) is 2. The van der Waals surface area contributed by atoms with Crippen LogP contribution in [0.4, 0.5) is 11.4 Å². The molecular formula is C21H24N2O3. The van der Waals surface area contributed by atoms with E-state index in [1.807, 2.05) is 6.07 Å². The molecule has 3 rings (SSSR count). The second kappa shape index (κ2) is 8.52. The molecular weight excluding hydrogens is 328 g/mol. The van der Waals surface area contributed by atoms with E-state index < -0.39 is 0 Å². The maximum atomic E-state index is 11.5. The predicted octanol–water partition coefficient (Wildman–Crippen LogP) is 4.22. The number of methoxy groups -OCH3 is 2. The van der Waals surface area contributed by atoms with Crippen molar-refractivity contribution in [3.63, 3.8) is 0 Å². The molecule has 0 spiro atoms. The molecule has 5 nitrogen and oxygen atoms in total. The number of hydrogen-bond acceptors (Lipinski definition) is 5. The van der Waals surface area contributed by atoms with Crippen LogP contribution in [-0.2, 0) is 4.74 Å². The number of ether oxygens (including phenoxy) is 2. The summed E-state index contributed by atoms with van der Waals surface area (Å²) in [5.41, 5.74) is 3.39. The monoisotopic (exact) mass is 352 g/mol. The maximum Gasteiger partial charge on any atom is 0.337 e. The highest BCUT2D eigenvalue weighted by molar-refractivity contribution is 5.90. The molecule has 2 aromatic carbocycles. The first kappa shape index (κ1) is 18.0. The van der Waals surface area contributed by atoms with E-state index in [1.165, 1.54) is 32.1 Å². The van der Waals surface area contributed by atoms with E-state index >= 15 is 0 Å². The highest BCUT2D eigenvalue weighted by Gasteiger charge is 2.12. The first-order chi connectivity index (χ1) is 12.7. The average Bonchev–Trinajstić information content (AvgIpc) is 2.72. The van der Waals surface area contributed by atoms with Crippen molar-refractivity contribution in [2.24, 2.45) is 4.99 Å². The Balaban J connectivity index is 1.76. The Kier molecular flexibility index (Phi) is 5.89. The standard InChI is InChI=1S/C21H24N2O3/c1-25-20-14-19(23-12-4-3-5-13-23)11-8-17(20)15-22-18-9-6-16(7-10-18)21(24)26-2/h6-11,14-15H,3-5,12-13H2,1-2H3. The summed E-state index contributed by atoms with van der Waals surface area (Å²) < 4.78 is 10.3. The van der Waals surface area contributed by atoms with Crippen molar-refractivity contribution in [3.8, 4) is 5.75 Å². The molecule has 136 valence electrons. The van der Waals surface area contributed by atoms with Crippen molar-refractivity contribution >= 4 is 23.6 Å². The van der Waals surface area contributed by atoms with Gasteiger partial charge in [-0.2, -0.15) is 0 Å². The van der Waals surface area contributed by atoms with Gasteiger partial charge in [-0.05, 0) is 55.7 Å². The predicted molar refractivity (Wildman–Crippen MR) is 104 cm³/mol. The molecule has 2 aromatic rings. The fraction of sp³-hybridized carbons (Fsp3) is 0.333. The zero-order chi connectivity index (χ0) is 18.4. The molecule has 0 N–H and O–H groups in total. The molecule has 0 radical (unpaired) electrons. The van der Waals surface area contributed by atoms with Gasteiger partial charge in [-0.25, -0.2) is 4.79 Å². The maximum absolute atomic E-state index is 11.5. The highest BCUT2D eigenvalue weighted by Crippen LogP contribution is 2.27. The van der Waals surface area contributed by atoms with E-state index in [4.69, 9.17) is 9.47 Å². The Hall–Kier alpha value is -2.82. The lowest BCUT2D eigenvalue weighted by molar-refractivity contribution is 0.0601. The summed E-state index contributed by atoms with van der Waals surface area (Å²) in [6.45, 7) is 2.20. The van der Waals surface area contributed by atoms with Crippen molar-refractivity contribution < 1.29 is 14.3 Å². The summed E-state index contributed by atoms with van der Waals surface area (Å²) >= 11 is 0. The molecule has 1 saturated heterocycles. The topological polar surface area (TPSA) is 51.1 Å². The number of rotatable bonds is 5. The van der Waals surface area contributed by atoms with Crippen LogP contribution in [0, 0.1) is 0 Å². The van der Waals surface area contributed by atoms with Crippen LogP contribution in [0.3, 0.4) is 0 Å². The average molecular weight is 352 g/mol. The second-order valence-electron chi connectivity index (χ2n) is 6.27.